The Labute approximate surface area is 148 Å². The number of nitrogens with zero attached hydrogens (tertiary/aromatic N) is 3. The van der Waals surface area contributed by atoms with Crippen LogP contribution in [-0.2, 0) is 0 Å². The van der Waals surface area contributed by atoms with Crippen molar-refractivity contribution in [3.8, 4) is 0 Å². The van der Waals surface area contributed by atoms with Crippen molar-refractivity contribution in [3.63, 3.8) is 0 Å². The third kappa shape index (κ3) is 2.66. The summed E-state index contributed by atoms with van der Waals surface area (Å²) in [5.74, 6) is 0. The average molecular weight is 346 g/mol. The fourth-order valence-electron chi connectivity index (χ4n) is 2.88. The molecule has 0 saturated carbocycles. The monoisotopic (exact) mass is 346 g/mol. The number of aromatic amines is 1. The first kappa shape index (κ1) is 15.4. The molecule has 0 atom stereocenters. The maximum absolute atomic E-state index is 12.2. The molecule has 0 fully saturated rings. The van der Waals surface area contributed by atoms with E-state index in [4.69, 9.17) is 12.2 Å². The van der Waals surface area contributed by atoms with Gasteiger partial charge < -0.3 is 0 Å². The summed E-state index contributed by atoms with van der Waals surface area (Å²) in [5.41, 5.74) is 0.933. The lowest BCUT2D eigenvalue weighted by atomic mass is 9.97. The van der Waals surface area contributed by atoms with E-state index >= 15 is 0 Å². The highest BCUT2D eigenvalue weighted by Gasteiger charge is 2.06. The van der Waals surface area contributed by atoms with Gasteiger partial charge in [0, 0.05) is 5.56 Å². The molecule has 0 bridgehead atoms. The van der Waals surface area contributed by atoms with E-state index in [1.807, 2.05) is 36.4 Å². The van der Waals surface area contributed by atoms with Gasteiger partial charge in [-0.05, 0) is 46.8 Å². The molecule has 0 aliphatic heterocycles. The number of hydrogen-bond donors (Lipinski definition) is 1. The van der Waals surface area contributed by atoms with Crippen LogP contribution in [0.2, 0.25) is 0 Å². The Hall–Kier alpha value is -3.12. The Morgan fingerprint density at radius 2 is 1.68 bits per heavy atom. The summed E-state index contributed by atoms with van der Waals surface area (Å²) in [6, 6.07) is 18.4. The molecule has 0 aliphatic carbocycles. The maximum atomic E-state index is 12.2. The van der Waals surface area contributed by atoms with Crippen LogP contribution in [0.3, 0.4) is 0 Å². The van der Waals surface area contributed by atoms with Crippen molar-refractivity contribution >= 4 is 40.0 Å². The maximum Gasteiger partial charge on any atom is 0.296 e. The van der Waals surface area contributed by atoms with Crippen LogP contribution in [0.15, 0.2) is 64.5 Å². The van der Waals surface area contributed by atoms with E-state index in [0.29, 0.717) is 5.69 Å². The van der Waals surface area contributed by atoms with Gasteiger partial charge in [0.15, 0.2) is 0 Å². The van der Waals surface area contributed by atoms with Crippen molar-refractivity contribution in [2.75, 3.05) is 0 Å². The van der Waals surface area contributed by atoms with Gasteiger partial charge in [-0.1, -0.05) is 48.5 Å². The van der Waals surface area contributed by atoms with Crippen LogP contribution >= 0.6 is 12.2 Å². The van der Waals surface area contributed by atoms with E-state index in [0.717, 1.165) is 31.8 Å². The molecule has 1 heterocycles. The first-order valence-electron chi connectivity index (χ1n) is 7.78. The van der Waals surface area contributed by atoms with Crippen LogP contribution < -0.4 is 5.56 Å². The molecule has 0 saturated heterocycles. The molecular formula is C19H14N4OS. The Bertz CT molecular complexity index is 1200. The minimum Gasteiger partial charge on any atom is -0.265 e. The smallest absolute Gasteiger partial charge is 0.265 e. The van der Waals surface area contributed by atoms with Crippen LogP contribution in [0.1, 0.15) is 11.3 Å². The normalized spacial score (nSPS) is 11.6. The molecule has 0 amide bonds. The molecule has 0 unspecified atom stereocenters. The number of aromatic nitrogens is 3. The van der Waals surface area contributed by atoms with E-state index in [9.17, 15) is 4.79 Å². The Kier molecular flexibility index (Phi) is 3.74. The summed E-state index contributed by atoms with van der Waals surface area (Å²) in [6.07, 6.45) is 1.69. The van der Waals surface area contributed by atoms with Gasteiger partial charge >= 0.3 is 0 Å². The predicted molar refractivity (Wildman–Crippen MR) is 103 cm³/mol. The summed E-state index contributed by atoms with van der Waals surface area (Å²) < 4.78 is 1.32. The van der Waals surface area contributed by atoms with Crippen LogP contribution in [0.5, 0.6) is 0 Å². The third-order valence-corrected chi connectivity index (χ3v) is 4.39. The molecule has 6 heteroatoms. The molecule has 1 N–H and O–H groups in total. The molecule has 4 aromatic rings. The minimum absolute atomic E-state index is 0.163. The standard InChI is InChI=1S/C19H14N4OS/c1-12-18(24)23(19(25)22-21-12)20-11-17-15-8-4-2-6-13(15)10-14-7-3-5-9-16(14)17/h2-11H,1H3,(H,22,25). The lowest BCUT2D eigenvalue weighted by Gasteiger charge is -2.08. The predicted octanol–water partition coefficient (Wildman–Crippen LogP) is 3.80. The molecule has 0 radical (unpaired) electrons. The van der Waals surface area contributed by atoms with Crippen molar-refractivity contribution < 1.29 is 0 Å². The lowest BCUT2D eigenvalue weighted by Crippen LogP contribution is -2.22. The van der Waals surface area contributed by atoms with Crippen molar-refractivity contribution in [1.82, 2.24) is 14.9 Å². The van der Waals surface area contributed by atoms with Crippen molar-refractivity contribution in [2.24, 2.45) is 5.10 Å². The summed E-state index contributed by atoms with van der Waals surface area (Å²) >= 11 is 5.14. The van der Waals surface area contributed by atoms with Gasteiger partial charge in [0.05, 0.1) is 6.21 Å². The average Bonchev–Trinajstić information content (AvgIpc) is 2.64. The van der Waals surface area contributed by atoms with Crippen molar-refractivity contribution in [3.05, 3.63) is 81.0 Å². The summed E-state index contributed by atoms with van der Waals surface area (Å²) in [4.78, 5) is 12.2. The van der Waals surface area contributed by atoms with E-state index in [2.05, 4.69) is 33.5 Å². The molecule has 1 aromatic heterocycles. The molecule has 3 aromatic carbocycles. The lowest BCUT2D eigenvalue weighted by molar-refractivity contribution is 0.720. The highest BCUT2D eigenvalue weighted by atomic mass is 32.1. The number of nitrogens with one attached hydrogen (secondary N) is 1. The second-order valence-electron chi connectivity index (χ2n) is 5.71. The third-order valence-electron chi connectivity index (χ3n) is 4.13. The number of benzene rings is 3. The van der Waals surface area contributed by atoms with E-state index < -0.39 is 0 Å². The number of H-pyrrole nitrogens is 1. The fraction of sp³-hybridized carbons (Fsp3) is 0.0526. The quantitative estimate of drug-likeness (QED) is 0.341. The van der Waals surface area contributed by atoms with Gasteiger partial charge in [-0.2, -0.15) is 14.9 Å². The van der Waals surface area contributed by atoms with E-state index in [-0.39, 0.29) is 10.3 Å². The van der Waals surface area contributed by atoms with Gasteiger partial charge in [-0.15, -0.1) is 0 Å². The minimum atomic E-state index is -0.329. The van der Waals surface area contributed by atoms with Gasteiger partial charge in [0.1, 0.15) is 5.69 Å². The van der Waals surface area contributed by atoms with E-state index in [1.165, 1.54) is 0 Å². The van der Waals surface area contributed by atoms with Crippen LogP contribution in [-0.4, -0.2) is 21.1 Å². The van der Waals surface area contributed by atoms with Crippen LogP contribution in [0.4, 0.5) is 0 Å². The number of fused-ring (bicyclic) bond motifs is 2. The first-order valence-corrected chi connectivity index (χ1v) is 8.19. The highest BCUT2D eigenvalue weighted by molar-refractivity contribution is 7.71. The molecule has 0 spiro atoms. The molecular weight excluding hydrogens is 332 g/mol. The van der Waals surface area contributed by atoms with Crippen LogP contribution in [0.25, 0.3) is 21.5 Å². The Morgan fingerprint density at radius 3 is 2.32 bits per heavy atom. The highest BCUT2D eigenvalue weighted by Crippen LogP contribution is 2.27. The van der Waals surface area contributed by atoms with Crippen LogP contribution in [0, 0.1) is 11.7 Å². The van der Waals surface area contributed by atoms with Gasteiger partial charge in [-0.3, -0.25) is 9.89 Å². The van der Waals surface area contributed by atoms with Gasteiger partial charge in [-0.25, -0.2) is 0 Å². The second kappa shape index (κ2) is 6.07. The van der Waals surface area contributed by atoms with Crippen molar-refractivity contribution in [2.45, 2.75) is 6.92 Å². The fourth-order valence-corrected chi connectivity index (χ4v) is 3.06. The Morgan fingerprint density at radius 1 is 1.08 bits per heavy atom. The summed E-state index contributed by atoms with van der Waals surface area (Å²) in [7, 11) is 0. The number of aryl methyl sites for hydroxylation is 1. The molecule has 122 valence electrons. The first-order chi connectivity index (χ1) is 12.1. The zero-order valence-corrected chi connectivity index (χ0v) is 14.2. The summed E-state index contributed by atoms with van der Waals surface area (Å²) in [6.45, 7) is 1.62. The topological polar surface area (TPSA) is 63.0 Å². The zero-order valence-electron chi connectivity index (χ0n) is 13.4. The number of hydrogen-bond acceptors (Lipinski definition) is 4. The van der Waals surface area contributed by atoms with Gasteiger partial charge in [0.2, 0.25) is 4.77 Å². The number of rotatable bonds is 2. The molecule has 25 heavy (non-hydrogen) atoms. The van der Waals surface area contributed by atoms with E-state index in [1.54, 1.807) is 13.1 Å². The SMILES string of the molecule is Cc1n[nH]c(=S)n(N=Cc2c3ccccc3cc3ccccc23)c1=O. The largest absolute Gasteiger partial charge is 0.296 e. The Balaban J connectivity index is 2.02. The summed E-state index contributed by atoms with van der Waals surface area (Å²) in [5, 5.41) is 15.2. The zero-order chi connectivity index (χ0) is 17.4. The second-order valence-corrected chi connectivity index (χ2v) is 6.09. The van der Waals surface area contributed by atoms with Gasteiger partial charge in [0.25, 0.3) is 5.56 Å². The van der Waals surface area contributed by atoms with Crippen molar-refractivity contribution in [1.29, 1.82) is 0 Å². The molecule has 5 nitrogen and oxygen atoms in total. The molecule has 4 rings (SSSR count). The molecule has 0 aliphatic rings.